The molecule has 0 saturated heterocycles. The second-order valence-electron chi connectivity index (χ2n) is 5.88. The summed E-state index contributed by atoms with van der Waals surface area (Å²) in [6.07, 6.45) is 1.89. The third-order valence-electron chi connectivity index (χ3n) is 4.05. The quantitative estimate of drug-likeness (QED) is 0.287. The number of aliphatic hydroxyl groups is 2. The monoisotopic (exact) mass is 412 g/mol. The van der Waals surface area contributed by atoms with Crippen LogP contribution in [-0.2, 0) is 38.8 Å². The maximum absolute atomic E-state index is 12.3. The van der Waals surface area contributed by atoms with Crippen LogP contribution in [0.15, 0.2) is 26.5 Å². The van der Waals surface area contributed by atoms with Gasteiger partial charge in [-0.1, -0.05) is 0 Å². The summed E-state index contributed by atoms with van der Waals surface area (Å²) in [4.78, 5) is 72.2. The molecule has 1 aliphatic rings. The van der Waals surface area contributed by atoms with Crippen molar-refractivity contribution >= 4 is 17.8 Å². The lowest BCUT2D eigenvalue weighted by atomic mass is 10.4. The molecule has 1 aromatic heterocycles. The van der Waals surface area contributed by atoms with Gasteiger partial charge in [-0.25, -0.2) is 28.1 Å². The first kappa shape index (κ1) is 22.0. The topological polar surface area (TPSA) is 170 Å². The van der Waals surface area contributed by atoms with E-state index in [1.807, 2.05) is 0 Å². The summed E-state index contributed by atoms with van der Waals surface area (Å²) in [5.41, 5.74) is -2.94. The van der Waals surface area contributed by atoms with Crippen LogP contribution < -0.4 is 17.1 Å². The molecule has 0 saturated carbocycles. The van der Waals surface area contributed by atoms with Crippen molar-refractivity contribution in [3.8, 4) is 0 Å². The largest absolute Gasteiger partial charge is 0.464 e. The second-order valence-corrected chi connectivity index (χ2v) is 5.88. The summed E-state index contributed by atoms with van der Waals surface area (Å²) in [7, 11) is 0. The zero-order valence-electron chi connectivity index (χ0n) is 15.4. The number of aliphatic hydroxyl groups excluding tert-OH is 2. The molecule has 0 bridgehead atoms. The van der Waals surface area contributed by atoms with Gasteiger partial charge in [0.15, 0.2) is 0 Å². The molecule has 0 aliphatic carbocycles. The summed E-state index contributed by atoms with van der Waals surface area (Å²) >= 11 is 0. The lowest BCUT2D eigenvalue weighted by Crippen LogP contribution is -2.55. The van der Waals surface area contributed by atoms with Crippen molar-refractivity contribution < 1.29 is 29.3 Å². The van der Waals surface area contributed by atoms with Gasteiger partial charge in [-0.15, -0.1) is 0 Å². The number of imide groups is 1. The fourth-order valence-corrected chi connectivity index (χ4v) is 2.63. The molecule has 2 rings (SSSR count). The van der Waals surface area contributed by atoms with Crippen molar-refractivity contribution in [2.24, 2.45) is 0 Å². The van der Waals surface area contributed by atoms with Crippen LogP contribution in [0.4, 0.5) is 0 Å². The minimum Gasteiger partial charge on any atom is -0.464 e. The van der Waals surface area contributed by atoms with Crippen molar-refractivity contribution in [1.29, 1.82) is 0 Å². The normalized spacial score (nSPS) is 13.4. The van der Waals surface area contributed by atoms with Crippen LogP contribution in [0.3, 0.4) is 0 Å². The van der Waals surface area contributed by atoms with Crippen molar-refractivity contribution in [1.82, 2.24) is 18.6 Å². The highest BCUT2D eigenvalue weighted by atomic mass is 16.5. The molecule has 2 heterocycles. The SMILES string of the molecule is O=C(CCN1C(=O)C=CC1=O)OCCn1c(=O)n(CCO)c(=O)n(CCO)c1=O. The van der Waals surface area contributed by atoms with Gasteiger partial charge in [-0.05, 0) is 0 Å². The van der Waals surface area contributed by atoms with E-state index in [4.69, 9.17) is 14.9 Å². The zero-order chi connectivity index (χ0) is 21.6. The maximum Gasteiger partial charge on any atom is 0.336 e. The molecule has 29 heavy (non-hydrogen) atoms. The number of aromatic nitrogens is 3. The lowest BCUT2D eigenvalue weighted by molar-refractivity contribution is -0.145. The number of hydrogen-bond donors (Lipinski definition) is 2. The average Bonchev–Trinajstić information content (AvgIpc) is 3.01. The first-order valence-electron chi connectivity index (χ1n) is 8.67. The van der Waals surface area contributed by atoms with Gasteiger partial charge < -0.3 is 14.9 Å². The van der Waals surface area contributed by atoms with E-state index >= 15 is 0 Å². The summed E-state index contributed by atoms with van der Waals surface area (Å²) in [6, 6.07) is 0. The molecule has 0 radical (unpaired) electrons. The molecule has 0 atom stereocenters. The molecule has 0 spiro atoms. The van der Waals surface area contributed by atoms with Gasteiger partial charge in [0.25, 0.3) is 11.8 Å². The van der Waals surface area contributed by atoms with E-state index in [9.17, 15) is 28.8 Å². The number of esters is 1. The Balaban J connectivity index is 2.04. The highest BCUT2D eigenvalue weighted by molar-refractivity contribution is 6.12. The van der Waals surface area contributed by atoms with Crippen LogP contribution in [0.5, 0.6) is 0 Å². The van der Waals surface area contributed by atoms with Crippen molar-refractivity contribution in [2.75, 3.05) is 26.4 Å². The molecule has 1 aromatic rings. The van der Waals surface area contributed by atoms with Crippen LogP contribution in [0, 0.1) is 0 Å². The second kappa shape index (κ2) is 9.75. The van der Waals surface area contributed by atoms with Gasteiger partial charge in [0.1, 0.15) is 6.61 Å². The first-order chi connectivity index (χ1) is 13.8. The average molecular weight is 412 g/mol. The molecule has 13 nitrogen and oxygen atoms in total. The Bertz CT molecular complexity index is 939. The minimum absolute atomic E-state index is 0.172. The first-order valence-corrected chi connectivity index (χ1v) is 8.67. The molecule has 2 N–H and O–H groups in total. The van der Waals surface area contributed by atoms with Crippen LogP contribution in [0.1, 0.15) is 6.42 Å². The number of nitrogens with zero attached hydrogens (tertiary/aromatic N) is 4. The molecule has 0 aromatic carbocycles. The standard InChI is InChI=1S/C16H20N4O9/c21-8-5-18-14(26)19(6-9-22)16(28)20(15(18)27)7-10-29-13(25)3-4-17-11(23)1-2-12(17)24/h1-2,21-22H,3-10H2. The van der Waals surface area contributed by atoms with Gasteiger partial charge in [0.05, 0.1) is 39.3 Å². The van der Waals surface area contributed by atoms with Crippen molar-refractivity contribution in [2.45, 2.75) is 26.1 Å². The molecule has 0 fully saturated rings. The van der Waals surface area contributed by atoms with Crippen LogP contribution in [-0.4, -0.2) is 73.0 Å². The van der Waals surface area contributed by atoms with Crippen LogP contribution in [0.25, 0.3) is 0 Å². The molecular weight excluding hydrogens is 392 g/mol. The lowest BCUT2D eigenvalue weighted by Gasteiger charge is -2.14. The number of carbonyl (C=O) groups excluding carboxylic acids is 3. The fourth-order valence-electron chi connectivity index (χ4n) is 2.63. The Morgan fingerprint density at radius 1 is 0.759 bits per heavy atom. The number of rotatable bonds is 10. The number of amides is 2. The van der Waals surface area contributed by atoms with E-state index in [-0.39, 0.29) is 39.2 Å². The molecule has 2 amide bonds. The fraction of sp³-hybridized carbons (Fsp3) is 0.500. The predicted octanol–water partition coefficient (Wildman–Crippen LogP) is -3.99. The molecule has 13 heteroatoms. The summed E-state index contributed by atoms with van der Waals surface area (Å²) in [5.74, 6) is -1.83. The van der Waals surface area contributed by atoms with E-state index < -0.39 is 48.1 Å². The zero-order valence-corrected chi connectivity index (χ0v) is 15.4. The van der Waals surface area contributed by atoms with E-state index in [1.165, 1.54) is 0 Å². The highest BCUT2D eigenvalue weighted by Crippen LogP contribution is 2.04. The summed E-state index contributed by atoms with van der Waals surface area (Å²) < 4.78 is 6.83. The van der Waals surface area contributed by atoms with E-state index in [1.54, 1.807) is 0 Å². The third kappa shape index (κ3) is 4.94. The molecule has 158 valence electrons. The van der Waals surface area contributed by atoms with Gasteiger partial charge in [-0.2, -0.15) is 0 Å². The van der Waals surface area contributed by atoms with Crippen LogP contribution >= 0.6 is 0 Å². The molecule has 1 aliphatic heterocycles. The molecular formula is C16H20N4O9. The van der Waals surface area contributed by atoms with Crippen molar-refractivity contribution in [3.63, 3.8) is 0 Å². The van der Waals surface area contributed by atoms with Crippen LogP contribution in [0.2, 0.25) is 0 Å². The third-order valence-corrected chi connectivity index (χ3v) is 4.05. The summed E-state index contributed by atoms with van der Waals surface area (Å²) in [6.45, 7) is -2.68. The summed E-state index contributed by atoms with van der Waals surface area (Å²) in [5, 5.41) is 18.0. The van der Waals surface area contributed by atoms with E-state index in [0.717, 1.165) is 17.1 Å². The smallest absolute Gasteiger partial charge is 0.336 e. The maximum atomic E-state index is 12.3. The number of ether oxygens (including phenoxy) is 1. The Morgan fingerprint density at radius 2 is 1.21 bits per heavy atom. The van der Waals surface area contributed by atoms with Gasteiger partial charge in [0, 0.05) is 18.7 Å². The Hall–Kier alpha value is -3.32. The van der Waals surface area contributed by atoms with Gasteiger partial charge >= 0.3 is 23.0 Å². The van der Waals surface area contributed by atoms with E-state index in [2.05, 4.69) is 0 Å². The van der Waals surface area contributed by atoms with E-state index in [0.29, 0.717) is 13.7 Å². The molecule has 0 unspecified atom stereocenters. The Morgan fingerprint density at radius 3 is 1.66 bits per heavy atom. The Labute approximate surface area is 162 Å². The highest BCUT2D eigenvalue weighted by Gasteiger charge is 2.24. The predicted molar refractivity (Wildman–Crippen MR) is 94.8 cm³/mol. The number of hydrogen-bond acceptors (Lipinski definition) is 9. The van der Waals surface area contributed by atoms with Crippen molar-refractivity contribution in [3.05, 3.63) is 43.6 Å². The Kier molecular flexibility index (Phi) is 7.39. The minimum atomic E-state index is -0.987. The van der Waals surface area contributed by atoms with Gasteiger partial charge in [-0.3, -0.25) is 19.3 Å². The number of carbonyl (C=O) groups is 3. The van der Waals surface area contributed by atoms with Gasteiger partial charge in [0.2, 0.25) is 0 Å².